The molecule has 1 aromatic carbocycles. The van der Waals surface area contributed by atoms with Crippen LogP contribution >= 0.6 is 0 Å². The van der Waals surface area contributed by atoms with Crippen LogP contribution in [-0.4, -0.2) is 45.9 Å². The smallest absolute Gasteiger partial charge is 0.191 e. The van der Waals surface area contributed by atoms with Gasteiger partial charge < -0.3 is 24.8 Å². The molecule has 0 aromatic heterocycles. The minimum atomic E-state index is -0.0451. The number of hydrogen-bond acceptors (Lipinski definition) is 4. The van der Waals surface area contributed by atoms with Crippen LogP contribution in [0.25, 0.3) is 0 Å². The van der Waals surface area contributed by atoms with Gasteiger partial charge in [-0.1, -0.05) is 0 Å². The number of aliphatic imine (C=N–C) groups is 1. The fraction of sp³-hybridized carbons (Fsp3) is 0.611. The zero-order chi connectivity index (χ0) is 18.2. The second kappa shape index (κ2) is 9.25. The van der Waals surface area contributed by atoms with Gasteiger partial charge in [-0.2, -0.15) is 0 Å². The summed E-state index contributed by atoms with van der Waals surface area (Å²) in [6.07, 6.45) is 0.705. The molecule has 0 heterocycles. The summed E-state index contributed by atoms with van der Waals surface area (Å²) in [6.45, 7) is 9.80. The fourth-order valence-corrected chi connectivity index (χ4v) is 2.27. The zero-order valence-corrected chi connectivity index (χ0v) is 15.9. The third-order valence-electron chi connectivity index (χ3n) is 3.29. The van der Waals surface area contributed by atoms with Gasteiger partial charge in [0.05, 0.1) is 21.3 Å². The molecule has 0 aliphatic carbocycles. The molecule has 0 aliphatic rings. The van der Waals surface area contributed by atoms with Gasteiger partial charge in [-0.25, -0.2) is 0 Å². The average molecular weight is 337 g/mol. The van der Waals surface area contributed by atoms with E-state index in [0.29, 0.717) is 18.7 Å². The molecule has 136 valence electrons. The molecule has 0 saturated heterocycles. The van der Waals surface area contributed by atoms with Crippen LogP contribution in [0.3, 0.4) is 0 Å². The minimum Gasteiger partial charge on any atom is -0.496 e. The van der Waals surface area contributed by atoms with Gasteiger partial charge in [-0.15, -0.1) is 0 Å². The van der Waals surface area contributed by atoms with Gasteiger partial charge in [0.25, 0.3) is 0 Å². The molecule has 0 fully saturated rings. The molecule has 0 bridgehead atoms. The Hall–Kier alpha value is -2.11. The molecule has 1 rings (SSSR count). The lowest BCUT2D eigenvalue weighted by Crippen LogP contribution is -2.47. The SMILES string of the molecule is CCNC(=NCCc1c(OC)cc(OC)cc1OC)NC(C)(C)C. The highest BCUT2D eigenvalue weighted by atomic mass is 16.5. The number of rotatable bonds is 7. The molecule has 0 atom stereocenters. The van der Waals surface area contributed by atoms with Crippen LogP contribution in [0.1, 0.15) is 33.3 Å². The number of hydrogen-bond donors (Lipinski definition) is 2. The number of methoxy groups -OCH3 is 3. The van der Waals surface area contributed by atoms with E-state index in [9.17, 15) is 0 Å². The van der Waals surface area contributed by atoms with E-state index in [4.69, 9.17) is 14.2 Å². The van der Waals surface area contributed by atoms with Crippen LogP contribution in [0.15, 0.2) is 17.1 Å². The Labute approximate surface area is 145 Å². The lowest BCUT2D eigenvalue weighted by atomic mass is 10.1. The molecule has 0 spiro atoms. The Bertz CT molecular complexity index is 526. The quantitative estimate of drug-likeness (QED) is 0.591. The van der Waals surface area contributed by atoms with Crippen LogP contribution in [-0.2, 0) is 6.42 Å². The highest BCUT2D eigenvalue weighted by Gasteiger charge is 2.14. The Morgan fingerprint density at radius 2 is 1.62 bits per heavy atom. The van der Waals surface area contributed by atoms with Crippen molar-refractivity contribution in [2.75, 3.05) is 34.4 Å². The number of nitrogens with zero attached hydrogens (tertiary/aromatic N) is 1. The first kappa shape index (κ1) is 19.9. The molecule has 2 N–H and O–H groups in total. The number of benzene rings is 1. The first-order chi connectivity index (χ1) is 11.3. The normalized spacial score (nSPS) is 11.9. The van der Waals surface area contributed by atoms with Gasteiger partial charge >= 0.3 is 0 Å². The van der Waals surface area contributed by atoms with Gasteiger partial charge in [0.15, 0.2) is 5.96 Å². The number of ether oxygens (including phenoxy) is 3. The van der Waals surface area contributed by atoms with E-state index < -0.39 is 0 Å². The summed E-state index contributed by atoms with van der Waals surface area (Å²) >= 11 is 0. The molecule has 24 heavy (non-hydrogen) atoms. The Balaban J connectivity index is 2.93. The van der Waals surface area contributed by atoms with Crippen molar-refractivity contribution in [3.05, 3.63) is 17.7 Å². The molecule has 6 nitrogen and oxygen atoms in total. The summed E-state index contributed by atoms with van der Waals surface area (Å²) in [5.74, 6) is 3.00. The Morgan fingerprint density at radius 1 is 1.04 bits per heavy atom. The summed E-state index contributed by atoms with van der Waals surface area (Å²) in [5, 5.41) is 6.63. The summed E-state index contributed by atoms with van der Waals surface area (Å²) < 4.78 is 16.2. The predicted molar refractivity (Wildman–Crippen MR) is 98.7 cm³/mol. The van der Waals surface area contributed by atoms with E-state index in [1.165, 1.54) is 0 Å². The summed E-state index contributed by atoms with van der Waals surface area (Å²) in [7, 11) is 4.91. The lowest BCUT2D eigenvalue weighted by Gasteiger charge is -2.23. The van der Waals surface area contributed by atoms with Crippen molar-refractivity contribution in [3.8, 4) is 17.2 Å². The molecule has 0 saturated carbocycles. The van der Waals surface area contributed by atoms with Crippen molar-refractivity contribution in [3.63, 3.8) is 0 Å². The molecule has 6 heteroatoms. The van der Waals surface area contributed by atoms with Gasteiger partial charge in [0.2, 0.25) is 0 Å². The largest absolute Gasteiger partial charge is 0.496 e. The number of nitrogens with one attached hydrogen (secondary N) is 2. The molecule has 0 amide bonds. The maximum Gasteiger partial charge on any atom is 0.191 e. The van der Waals surface area contributed by atoms with Crippen LogP contribution in [0.4, 0.5) is 0 Å². The molecule has 1 aromatic rings. The van der Waals surface area contributed by atoms with Crippen molar-refractivity contribution in [1.82, 2.24) is 10.6 Å². The second-order valence-corrected chi connectivity index (χ2v) is 6.40. The monoisotopic (exact) mass is 337 g/mol. The van der Waals surface area contributed by atoms with E-state index in [0.717, 1.165) is 29.6 Å². The van der Waals surface area contributed by atoms with Crippen molar-refractivity contribution in [2.45, 2.75) is 39.7 Å². The van der Waals surface area contributed by atoms with Crippen LogP contribution in [0.2, 0.25) is 0 Å². The molecule has 0 radical (unpaired) electrons. The van der Waals surface area contributed by atoms with E-state index in [1.54, 1.807) is 21.3 Å². The predicted octanol–water partition coefficient (Wildman–Crippen LogP) is 2.61. The average Bonchev–Trinajstić information content (AvgIpc) is 2.53. The molecule has 0 aliphatic heterocycles. The standard InChI is InChI=1S/C18H31N3O3/c1-8-19-17(21-18(2,3)4)20-10-9-14-15(23-6)11-13(22-5)12-16(14)24-7/h11-12H,8-10H2,1-7H3,(H2,19,20,21). The van der Waals surface area contributed by atoms with Crippen LogP contribution in [0, 0.1) is 0 Å². The summed E-state index contributed by atoms with van der Waals surface area (Å²) in [5.41, 5.74) is 0.937. The second-order valence-electron chi connectivity index (χ2n) is 6.40. The maximum absolute atomic E-state index is 5.48. The van der Waals surface area contributed by atoms with Crippen molar-refractivity contribution in [2.24, 2.45) is 4.99 Å². The fourth-order valence-electron chi connectivity index (χ4n) is 2.27. The topological polar surface area (TPSA) is 64.1 Å². The lowest BCUT2D eigenvalue weighted by molar-refractivity contribution is 0.369. The first-order valence-corrected chi connectivity index (χ1v) is 8.20. The van der Waals surface area contributed by atoms with Crippen molar-refractivity contribution < 1.29 is 14.2 Å². The highest BCUT2D eigenvalue weighted by Crippen LogP contribution is 2.34. The van der Waals surface area contributed by atoms with E-state index in [1.807, 2.05) is 12.1 Å². The van der Waals surface area contributed by atoms with Crippen LogP contribution in [0.5, 0.6) is 17.2 Å². The third kappa shape index (κ3) is 6.18. The zero-order valence-electron chi connectivity index (χ0n) is 15.9. The van der Waals surface area contributed by atoms with E-state index in [-0.39, 0.29) is 5.54 Å². The molecular weight excluding hydrogens is 306 g/mol. The minimum absolute atomic E-state index is 0.0451. The summed E-state index contributed by atoms with van der Waals surface area (Å²) in [6, 6.07) is 3.72. The maximum atomic E-state index is 5.48. The Morgan fingerprint density at radius 3 is 2.04 bits per heavy atom. The van der Waals surface area contributed by atoms with Gasteiger partial charge in [-0.3, -0.25) is 4.99 Å². The van der Waals surface area contributed by atoms with Gasteiger partial charge in [0, 0.05) is 36.3 Å². The van der Waals surface area contributed by atoms with Crippen molar-refractivity contribution in [1.29, 1.82) is 0 Å². The summed E-state index contributed by atoms with van der Waals surface area (Å²) in [4.78, 5) is 4.64. The molecular formula is C18H31N3O3. The van der Waals surface area contributed by atoms with E-state index in [2.05, 4.69) is 43.3 Å². The van der Waals surface area contributed by atoms with Gasteiger partial charge in [0.1, 0.15) is 17.2 Å². The van der Waals surface area contributed by atoms with Crippen molar-refractivity contribution >= 4 is 5.96 Å². The third-order valence-corrected chi connectivity index (χ3v) is 3.29. The molecule has 0 unspecified atom stereocenters. The van der Waals surface area contributed by atoms with Gasteiger partial charge in [-0.05, 0) is 34.1 Å². The van der Waals surface area contributed by atoms with Crippen LogP contribution < -0.4 is 24.8 Å². The Kier molecular flexibility index (Phi) is 7.68. The van der Waals surface area contributed by atoms with E-state index >= 15 is 0 Å². The highest BCUT2D eigenvalue weighted by molar-refractivity contribution is 5.80. The first-order valence-electron chi connectivity index (χ1n) is 8.20. The number of guanidine groups is 1.